The van der Waals surface area contributed by atoms with Crippen molar-refractivity contribution in [1.82, 2.24) is 0 Å². The fourth-order valence-electron chi connectivity index (χ4n) is 1.91. The fourth-order valence-corrected chi connectivity index (χ4v) is 2.14. The molecule has 15 heavy (non-hydrogen) atoms. The Bertz CT molecular complexity index is 416. The number of carbonyl (C=O) groups is 1. The first-order valence-corrected chi connectivity index (χ1v) is 5.06. The topological polar surface area (TPSA) is 46.5 Å². The van der Waals surface area contributed by atoms with Crippen molar-refractivity contribution < 1.29 is 14.6 Å². The highest BCUT2D eigenvalue weighted by Gasteiger charge is 2.37. The highest BCUT2D eigenvalue weighted by Crippen LogP contribution is 2.41. The van der Waals surface area contributed by atoms with Crippen molar-refractivity contribution in [3.63, 3.8) is 0 Å². The van der Waals surface area contributed by atoms with Crippen LogP contribution in [-0.4, -0.2) is 16.7 Å². The highest BCUT2D eigenvalue weighted by molar-refractivity contribution is 6.32. The number of benzene rings is 1. The fraction of sp³-hybridized carbons (Fsp3) is 0.364. The SMILES string of the molecule is CC1(CC(=O)O)Cc2cccc(Cl)c2O1. The van der Waals surface area contributed by atoms with Crippen LogP contribution < -0.4 is 4.74 Å². The lowest BCUT2D eigenvalue weighted by molar-refractivity contribution is -0.140. The summed E-state index contributed by atoms with van der Waals surface area (Å²) < 4.78 is 5.62. The number of carboxylic acids is 1. The minimum Gasteiger partial charge on any atom is -0.485 e. The van der Waals surface area contributed by atoms with E-state index in [-0.39, 0.29) is 6.42 Å². The molecule has 1 heterocycles. The number of hydrogen-bond donors (Lipinski definition) is 1. The van der Waals surface area contributed by atoms with Crippen LogP contribution in [0.5, 0.6) is 5.75 Å². The number of hydrogen-bond acceptors (Lipinski definition) is 2. The van der Waals surface area contributed by atoms with Crippen LogP contribution in [0.15, 0.2) is 18.2 Å². The smallest absolute Gasteiger partial charge is 0.307 e. The monoisotopic (exact) mass is 226 g/mol. The maximum Gasteiger partial charge on any atom is 0.307 e. The molecule has 0 spiro atoms. The molecule has 1 aliphatic rings. The van der Waals surface area contributed by atoms with Crippen molar-refractivity contribution in [2.45, 2.75) is 25.4 Å². The second-order valence-electron chi connectivity index (χ2n) is 4.03. The van der Waals surface area contributed by atoms with Crippen LogP contribution in [0.25, 0.3) is 0 Å². The molecule has 0 bridgehead atoms. The van der Waals surface area contributed by atoms with Crippen molar-refractivity contribution in [2.24, 2.45) is 0 Å². The van der Waals surface area contributed by atoms with E-state index in [9.17, 15) is 4.79 Å². The van der Waals surface area contributed by atoms with Gasteiger partial charge in [0.1, 0.15) is 11.4 Å². The summed E-state index contributed by atoms with van der Waals surface area (Å²) in [5.74, 6) is -0.232. The third-order valence-electron chi connectivity index (χ3n) is 2.49. The second kappa shape index (κ2) is 3.42. The van der Waals surface area contributed by atoms with E-state index in [2.05, 4.69) is 0 Å². The predicted molar refractivity (Wildman–Crippen MR) is 56.4 cm³/mol. The average molecular weight is 227 g/mol. The Kier molecular flexibility index (Phi) is 2.35. The van der Waals surface area contributed by atoms with Crippen LogP contribution in [0.4, 0.5) is 0 Å². The van der Waals surface area contributed by atoms with Gasteiger partial charge in [0.15, 0.2) is 0 Å². The molecule has 4 heteroatoms. The summed E-state index contributed by atoms with van der Waals surface area (Å²) in [5.41, 5.74) is 0.311. The summed E-state index contributed by atoms with van der Waals surface area (Å²) in [6, 6.07) is 5.50. The number of rotatable bonds is 2. The lowest BCUT2D eigenvalue weighted by Gasteiger charge is -2.21. The number of halogens is 1. The Morgan fingerprint density at radius 3 is 3.00 bits per heavy atom. The van der Waals surface area contributed by atoms with E-state index >= 15 is 0 Å². The number of fused-ring (bicyclic) bond motifs is 1. The molecule has 0 radical (unpaired) electrons. The molecular formula is C11H11ClO3. The quantitative estimate of drug-likeness (QED) is 0.843. The van der Waals surface area contributed by atoms with E-state index in [4.69, 9.17) is 21.4 Å². The summed E-state index contributed by atoms with van der Waals surface area (Å²) in [4.78, 5) is 10.7. The molecule has 1 aromatic carbocycles. The van der Waals surface area contributed by atoms with Crippen molar-refractivity contribution in [1.29, 1.82) is 0 Å². The maximum absolute atomic E-state index is 10.7. The van der Waals surface area contributed by atoms with E-state index in [0.29, 0.717) is 17.2 Å². The van der Waals surface area contributed by atoms with E-state index in [0.717, 1.165) is 5.56 Å². The van der Waals surface area contributed by atoms with Gasteiger partial charge in [-0.25, -0.2) is 0 Å². The van der Waals surface area contributed by atoms with Gasteiger partial charge in [-0.15, -0.1) is 0 Å². The molecule has 1 aromatic rings. The molecule has 0 amide bonds. The summed E-state index contributed by atoms with van der Waals surface area (Å²) in [6.45, 7) is 1.79. The Morgan fingerprint density at radius 1 is 1.67 bits per heavy atom. The van der Waals surface area contributed by atoms with Gasteiger partial charge in [0.2, 0.25) is 0 Å². The Morgan fingerprint density at radius 2 is 2.40 bits per heavy atom. The second-order valence-corrected chi connectivity index (χ2v) is 4.43. The molecule has 80 valence electrons. The molecule has 0 fully saturated rings. The third-order valence-corrected chi connectivity index (χ3v) is 2.78. The van der Waals surface area contributed by atoms with Gasteiger partial charge in [0.25, 0.3) is 0 Å². The van der Waals surface area contributed by atoms with Gasteiger partial charge in [-0.3, -0.25) is 4.79 Å². The number of ether oxygens (including phenoxy) is 1. The van der Waals surface area contributed by atoms with E-state index in [1.807, 2.05) is 12.1 Å². The Hall–Kier alpha value is -1.22. The molecule has 0 saturated carbocycles. The van der Waals surface area contributed by atoms with E-state index in [1.54, 1.807) is 13.0 Å². The van der Waals surface area contributed by atoms with E-state index in [1.165, 1.54) is 0 Å². The van der Waals surface area contributed by atoms with Crippen LogP contribution in [0.2, 0.25) is 5.02 Å². The van der Waals surface area contributed by atoms with Gasteiger partial charge in [-0.2, -0.15) is 0 Å². The zero-order valence-corrected chi connectivity index (χ0v) is 9.04. The van der Waals surface area contributed by atoms with Crippen LogP contribution >= 0.6 is 11.6 Å². The van der Waals surface area contributed by atoms with Gasteiger partial charge in [-0.05, 0) is 18.6 Å². The third kappa shape index (κ3) is 1.92. The van der Waals surface area contributed by atoms with Gasteiger partial charge in [-0.1, -0.05) is 23.7 Å². The minimum atomic E-state index is -0.860. The number of aliphatic carboxylic acids is 1. The Balaban J connectivity index is 2.28. The molecule has 0 aromatic heterocycles. The summed E-state index contributed by atoms with van der Waals surface area (Å²) in [6.07, 6.45) is 0.577. The van der Waals surface area contributed by atoms with Crippen molar-refractivity contribution in [2.75, 3.05) is 0 Å². The summed E-state index contributed by atoms with van der Waals surface area (Å²) >= 11 is 5.96. The van der Waals surface area contributed by atoms with Gasteiger partial charge in [0, 0.05) is 6.42 Å². The first-order valence-electron chi connectivity index (χ1n) is 4.68. The number of carboxylic acid groups (broad SMARTS) is 1. The predicted octanol–water partition coefficient (Wildman–Crippen LogP) is 2.51. The summed E-state index contributed by atoms with van der Waals surface area (Å²) in [7, 11) is 0. The van der Waals surface area contributed by atoms with E-state index < -0.39 is 11.6 Å². The first-order chi connectivity index (χ1) is 7.00. The standard InChI is InChI=1S/C11H11ClO3/c1-11(6-9(13)14)5-7-3-2-4-8(12)10(7)15-11/h2-4H,5-6H2,1H3,(H,13,14). The first kappa shape index (κ1) is 10.3. The van der Waals surface area contributed by atoms with Crippen LogP contribution in [0.3, 0.4) is 0 Å². The Labute approximate surface area is 92.6 Å². The molecule has 1 N–H and O–H groups in total. The molecule has 0 saturated heterocycles. The van der Waals surface area contributed by atoms with Crippen molar-refractivity contribution in [3.05, 3.63) is 28.8 Å². The van der Waals surface area contributed by atoms with Gasteiger partial charge >= 0.3 is 5.97 Å². The average Bonchev–Trinajstić information content (AvgIpc) is 2.41. The largest absolute Gasteiger partial charge is 0.485 e. The normalized spacial score (nSPS) is 23.3. The van der Waals surface area contributed by atoms with Crippen molar-refractivity contribution in [3.8, 4) is 5.75 Å². The molecule has 1 unspecified atom stereocenters. The zero-order chi connectivity index (χ0) is 11.1. The molecule has 0 aliphatic carbocycles. The lowest BCUT2D eigenvalue weighted by atomic mass is 9.96. The van der Waals surface area contributed by atoms with Crippen molar-refractivity contribution >= 4 is 17.6 Å². The van der Waals surface area contributed by atoms with Crippen LogP contribution in [0, 0.1) is 0 Å². The van der Waals surface area contributed by atoms with Gasteiger partial charge in [0.05, 0.1) is 11.4 Å². The lowest BCUT2D eigenvalue weighted by Crippen LogP contribution is -2.33. The molecule has 1 aliphatic heterocycles. The van der Waals surface area contributed by atoms with Gasteiger partial charge < -0.3 is 9.84 Å². The molecule has 3 nitrogen and oxygen atoms in total. The number of para-hydroxylation sites is 1. The molecular weight excluding hydrogens is 216 g/mol. The van der Waals surface area contributed by atoms with Crippen LogP contribution in [0.1, 0.15) is 18.9 Å². The highest BCUT2D eigenvalue weighted by atomic mass is 35.5. The zero-order valence-electron chi connectivity index (χ0n) is 8.29. The minimum absolute atomic E-state index is 0.0159. The molecule has 2 rings (SSSR count). The maximum atomic E-state index is 10.7. The van der Waals surface area contributed by atoms with Crippen LogP contribution in [-0.2, 0) is 11.2 Å². The molecule has 1 atom stereocenters. The summed E-state index contributed by atoms with van der Waals surface area (Å²) in [5, 5.41) is 9.32.